The van der Waals surface area contributed by atoms with E-state index in [9.17, 15) is 14.9 Å². The summed E-state index contributed by atoms with van der Waals surface area (Å²) in [5.74, 6) is -1.00. The molecule has 0 saturated carbocycles. The highest BCUT2D eigenvalue weighted by atomic mass is 16.1. The first-order valence-electron chi connectivity index (χ1n) is 8.72. The van der Waals surface area contributed by atoms with Gasteiger partial charge in [-0.1, -0.05) is 30.3 Å². The Hall–Kier alpha value is -3.52. The normalized spacial score (nSPS) is 18.5. The van der Waals surface area contributed by atoms with E-state index in [1.807, 2.05) is 37.3 Å². The van der Waals surface area contributed by atoms with Crippen LogP contribution in [0.4, 0.5) is 5.69 Å². The van der Waals surface area contributed by atoms with Gasteiger partial charge in [-0.2, -0.15) is 5.26 Å². The van der Waals surface area contributed by atoms with Crippen LogP contribution in [0.3, 0.4) is 0 Å². The molecule has 4 rings (SSSR count). The SMILES string of the molecule is CC(=O)C1C(C)=Nc2cc[nH]c(=O)c2C1c1ccc(C#N)c2ccccc12. The third kappa shape index (κ3) is 2.58. The zero-order chi connectivity index (χ0) is 19.1. The van der Waals surface area contributed by atoms with E-state index in [2.05, 4.69) is 16.0 Å². The van der Waals surface area contributed by atoms with E-state index in [1.165, 1.54) is 6.92 Å². The summed E-state index contributed by atoms with van der Waals surface area (Å²) in [4.78, 5) is 32.5. The lowest BCUT2D eigenvalue weighted by Gasteiger charge is -2.31. The van der Waals surface area contributed by atoms with Gasteiger partial charge < -0.3 is 4.98 Å². The molecule has 0 fully saturated rings. The molecule has 5 heteroatoms. The zero-order valence-electron chi connectivity index (χ0n) is 15.0. The summed E-state index contributed by atoms with van der Waals surface area (Å²) in [5.41, 5.74) is 2.96. The smallest absolute Gasteiger partial charge is 0.253 e. The number of pyridine rings is 1. The number of nitrogens with zero attached hydrogens (tertiary/aromatic N) is 2. The van der Waals surface area contributed by atoms with Crippen LogP contribution in [0.2, 0.25) is 0 Å². The average Bonchev–Trinajstić information content (AvgIpc) is 2.66. The van der Waals surface area contributed by atoms with Gasteiger partial charge in [0, 0.05) is 17.8 Å². The Morgan fingerprint density at radius 2 is 1.89 bits per heavy atom. The molecule has 1 aliphatic heterocycles. The number of carbonyl (C=O) groups is 1. The Morgan fingerprint density at radius 3 is 2.59 bits per heavy atom. The van der Waals surface area contributed by atoms with Crippen LogP contribution in [0, 0.1) is 17.2 Å². The molecule has 27 heavy (non-hydrogen) atoms. The monoisotopic (exact) mass is 355 g/mol. The number of aromatic nitrogens is 1. The summed E-state index contributed by atoms with van der Waals surface area (Å²) < 4.78 is 0. The predicted molar refractivity (Wildman–Crippen MR) is 105 cm³/mol. The molecule has 0 spiro atoms. The fourth-order valence-electron chi connectivity index (χ4n) is 4.10. The Kier molecular flexibility index (Phi) is 3.97. The fraction of sp³-hybridized carbons (Fsp3) is 0.182. The van der Waals surface area contributed by atoms with Gasteiger partial charge in [0.15, 0.2) is 0 Å². The largest absolute Gasteiger partial charge is 0.329 e. The standard InChI is InChI=1S/C22H17N3O2/c1-12-19(13(2)26)20(21-18(25-12)9-10-24-22(21)27)17-8-7-14(11-23)15-5-3-4-6-16(15)17/h3-10,19-20H,1-2H3,(H,24,27). The van der Waals surface area contributed by atoms with Gasteiger partial charge in [-0.25, -0.2) is 0 Å². The maximum atomic E-state index is 12.7. The predicted octanol–water partition coefficient (Wildman–Crippen LogP) is 3.84. The van der Waals surface area contributed by atoms with E-state index in [0.717, 1.165) is 16.3 Å². The molecule has 132 valence electrons. The molecule has 2 heterocycles. The zero-order valence-corrected chi connectivity index (χ0v) is 15.0. The maximum Gasteiger partial charge on any atom is 0.253 e. The number of aliphatic imine (C=N–C) groups is 1. The molecule has 5 nitrogen and oxygen atoms in total. The number of nitriles is 1. The van der Waals surface area contributed by atoms with Gasteiger partial charge >= 0.3 is 0 Å². The van der Waals surface area contributed by atoms with Crippen LogP contribution in [0.1, 0.15) is 36.5 Å². The van der Waals surface area contributed by atoms with E-state index in [4.69, 9.17) is 0 Å². The molecule has 1 aliphatic rings. The second-order valence-electron chi connectivity index (χ2n) is 6.78. The van der Waals surface area contributed by atoms with Gasteiger partial charge in [-0.05, 0) is 42.3 Å². The second-order valence-corrected chi connectivity index (χ2v) is 6.78. The van der Waals surface area contributed by atoms with Crippen molar-refractivity contribution in [1.29, 1.82) is 5.26 Å². The molecule has 2 atom stereocenters. The van der Waals surface area contributed by atoms with Gasteiger partial charge in [-0.15, -0.1) is 0 Å². The molecule has 0 radical (unpaired) electrons. The van der Waals surface area contributed by atoms with Crippen molar-refractivity contribution < 1.29 is 4.79 Å². The summed E-state index contributed by atoms with van der Waals surface area (Å²) >= 11 is 0. The summed E-state index contributed by atoms with van der Waals surface area (Å²) in [6.07, 6.45) is 1.57. The number of rotatable bonds is 2. The van der Waals surface area contributed by atoms with Gasteiger partial charge in [0.2, 0.25) is 0 Å². The molecule has 0 bridgehead atoms. The van der Waals surface area contributed by atoms with Crippen LogP contribution in [0.5, 0.6) is 0 Å². The first-order chi connectivity index (χ1) is 13.0. The molecule has 2 aromatic carbocycles. The number of hydrogen-bond donors (Lipinski definition) is 1. The molecule has 2 unspecified atom stereocenters. The van der Waals surface area contributed by atoms with Gasteiger partial charge in [-0.3, -0.25) is 14.6 Å². The quantitative estimate of drug-likeness (QED) is 0.758. The van der Waals surface area contributed by atoms with Crippen LogP contribution in [0.15, 0.2) is 58.4 Å². The number of carbonyl (C=O) groups excluding carboxylic acids is 1. The van der Waals surface area contributed by atoms with Crippen LogP contribution in [-0.2, 0) is 4.79 Å². The second kappa shape index (κ2) is 6.33. The van der Waals surface area contributed by atoms with E-state index >= 15 is 0 Å². The molecule has 0 saturated heterocycles. The van der Waals surface area contributed by atoms with Crippen molar-refractivity contribution in [2.24, 2.45) is 10.9 Å². The van der Waals surface area contributed by atoms with Crippen molar-refractivity contribution >= 4 is 28.0 Å². The van der Waals surface area contributed by atoms with Crippen LogP contribution < -0.4 is 5.56 Å². The third-order valence-corrected chi connectivity index (χ3v) is 5.22. The lowest BCUT2D eigenvalue weighted by atomic mass is 9.73. The number of fused-ring (bicyclic) bond motifs is 2. The number of aromatic amines is 1. The molecule has 1 N–H and O–H groups in total. The Bertz CT molecular complexity index is 1210. The molecule has 1 aromatic heterocycles. The Labute approximate surface area is 156 Å². The topological polar surface area (TPSA) is 86.1 Å². The number of Topliss-reactive ketones (excluding diaryl/α,β-unsaturated/α-hetero) is 1. The van der Waals surface area contributed by atoms with Gasteiger partial charge in [0.25, 0.3) is 5.56 Å². The average molecular weight is 355 g/mol. The first kappa shape index (κ1) is 16.9. The summed E-state index contributed by atoms with van der Waals surface area (Å²) in [7, 11) is 0. The van der Waals surface area contributed by atoms with Gasteiger partial charge in [0.05, 0.1) is 28.8 Å². The van der Waals surface area contributed by atoms with Crippen molar-refractivity contribution in [3.63, 3.8) is 0 Å². The molecular weight excluding hydrogens is 338 g/mol. The minimum atomic E-state index is -0.516. The van der Waals surface area contributed by atoms with Crippen LogP contribution in [-0.4, -0.2) is 16.5 Å². The Morgan fingerprint density at radius 1 is 1.15 bits per heavy atom. The summed E-state index contributed by atoms with van der Waals surface area (Å²) in [5, 5.41) is 11.1. The molecule has 3 aromatic rings. The number of nitrogens with one attached hydrogen (secondary N) is 1. The Balaban J connectivity index is 2.10. The van der Waals surface area contributed by atoms with Crippen molar-refractivity contribution in [3.8, 4) is 6.07 Å². The summed E-state index contributed by atoms with van der Waals surface area (Å²) in [6, 6.07) is 15.2. The molecule has 0 aliphatic carbocycles. The highest BCUT2D eigenvalue weighted by Gasteiger charge is 2.38. The minimum Gasteiger partial charge on any atom is -0.329 e. The fourth-order valence-corrected chi connectivity index (χ4v) is 4.10. The van der Waals surface area contributed by atoms with E-state index in [0.29, 0.717) is 22.5 Å². The van der Waals surface area contributed by atoms with Crippen LogP contribution >= 0.6 is 0 Å². The number of benzene rings is 2. The third-order valence-electron chi connectivity index (χ3n) is 5.22. The van der Waals surface area contributed by atoms with Crippen molar-refractivity contribution in [2.45, 2.75) is 19.8 Å². The first-order valence-corrected chi connectivity index (χ1v) is 8.72. The molecule has 0 amide bonds. The lowest BCUT2D eigenvalue weighted by molar-refractivity contribution is -0.119. The summed E-state index contributed by atoms with van der Waals surface area (Å²) in [6.45, 7) is 3.36. The van der Waals surface area contributed by atoms with E-state index in [-0.39, 0.29) is 11.3 Å². The molecular formula is C22H17N3O2. The van der Waals surface area contributed by atoms with Crippen LogP contribution in [0.25, 0.3) is 10.8 Å². The minimum absolute atomic E-state index is 0.0383. The van der Waals surface area contributed by atoms with Crippen molar-refractivity contribution in [3.05, 3.63) is 75.7 Å². The van der Waals surface area contributed by atoms with Crippen molar-refractivity contribution in [2.75, 3.05) is 0 Å². The number of H-pyrrole nitrogens is 1. The maximum absolute atomic E-state index is 12.7. The van der Waals surface area contributed by atoms with Crippen molar-refractivity contribution in [1.82, 2.24) is 4.98 Å². The number of ketones is 1. The highest BCUT2D eigenvalue weighted by molar-refractivity contribution is 6.07. The van der Waals surface area contributed by atoms with E-state index in [1.54, 1.807) is 18.3 Å². The number of hydrogen-bond acceptors (Lipinski definition) is 4. The van der Waals surface area contributed by atoms with Gasteiger partial charge in [0.1, 0.15) is 5.78 Å². The highest BCUT2D eigenvalue weighted by Crippen LogP contribution is 2.43. The van der Waals surface area contributed by atoms with E-state index < -0.39 is 11.8 Å². The lowest BCUT2D eigenvalue weighted by Crippen LogP contribution is -2.34.